The number of nitrogens with zero attached hydrogens (tertiary/aromatic N) is 4. The Kier molecular flexibility index (Phi) is 5.57. The number of carbonyl (C=O) groups is 1. The molecule has 0 aliphatic carbocycles. The molecule has 4 heterocycles. The van der Waals surface area contributed by atoms with Gasteiger partial charge in [0.2, 0.25) is 0 Å². The first-order chi connectivity index (χ1) is 16.9. The van der Waals surface area contributed by atoms with E-state index in [1.165, 1.54) is 12.1 Å². The Balaban J connectivity index is 1.66. The fourth-order valence-electron chi connectivity index (χ4n) is 4.48. The predicted octanol–water partition coefficient (Wildman–Crippen LogP) is 6.17. The number of halogens is 3. The van der Waals surface area contributed by atoms with Gasteiger partial charge in [0.25, 0.3) is 0 Å². The van der Waals surface area contributed by atoms with Gasteiger partial charge < -0.3 is 14.6 Å². The first-order valence-electron chi connectivity index (χ1n) is 11.6. The number of amides is 1. The van der Waals surface area contributed by atoms with Crippen molar-refractivity contribution in [2.75, 3.05) is 6.54 Å². The van der Waals surface area contributed by atoms with Crippen molar-refractivity contribution >= 4 is 17.1 Å². The first-order valence-corrected chi connectivity index (χ1v) is 11.6. The van der Waals surface area contributed by atoms with Crippen molar-refractivity contribution in [3.8, 4) is 22.4 Å². The van der Waals surface area contributed by atoms with Crippen molar-refractivity contribution in [1.82, 2.24) is 24.6 Å². The molecule has 0 bridgehead atoms. The molecule has 7 nitrogen and oxygen atoms in total. The molecule has 1 aromatic carbocycles. The molecule has 0 unspecified atom stereocenters. The summed E-state index contributed by atoms with van der Waals surface area (Å²) in [6, 6.07) is 8.85. The number of aryl methyl sites for hydroxylation is 1. The maximum atomic E-state index is 13.2. The number of pyridine rings is 1. The van der Waals surface area contributed by atoms with Crippen molar-refractivity contribution < 1.29 is 22.7 Å². The Hall–Kier alpha value is -3.82. The number of hydrogen-bond donors (Lipinski definition) is 1. The third-order valence-corrected chi connectivity index (χ3v) is 6.05. The highest BCUT2D eigenvalue weighted by molar-refractivity contribution is 5.98. The third kappa shape index (κ3) is 4.43. The van der Waals surface area contributed by atoms with Gasteiger partial charge in [-0.2, -0.15) is 18.3 Å². The molecule has 10 heteroatoms. The van der Waals surface area contributed by atoms with Gasteiger partial charge in [0, 0.05) is 34.9 Å². The highest BCUT2D eigenvalue weighted by atomic mass is 19.4. The Morgan fingerprint density at radius 3 is 2.47 bits per heavy atom. The minimum atomic E-state index is -4.43. The quantitative estimate of drug-likeness (QED) is 0.359. The smallest absolute Gasteiger partial charge is 0.416 e. The summed E-state index contributed by atoms with van der Waals surface area (Å²) in [5, 5.41) is 5.67. The van der Waals surface area contributed by atoms with Crippen LogP contribution in [-0.4, -0.2) is 42.9 Å². The van der Waals surface area contributed by atoms with Crippen molar-refractivity contribution in [2.45, 2.75) is 52.6 Å². The van der Waals surface area contributed by atoms with Crippen LogP contribution in [0.2, 0.25) is 0 Å². The van der Waals surface area contributed by atoms with Crippen LogP contribution in [-0.2, 0) is 24.0 Å². The van der Waals surface area contributed by atoms with Gasteiger partial charge in [-0.25, -0.2) is 9.78 Å². The molecule has 0 fully saturated rings. The van der Waals surface area contributed by atoms with E-state index in [1.54, 1.807) is 11.1 Å². The minimum Gasteiger partial charge on any atom is -0.444 e. The van der Waals surface area contributed by atoms with Gasteiger partial charge in [-0.15, -0.1) is 0 Å². The normalized spacial score (nSPS) is 14.2. The van der Waals surface area contributed by atoms with Crippen LogP contribution in [0.1, 0.15) is 37.7 Å². The molecule has 0 spiro atoms. The molecule has 188 valence electrons. The molecule has 0 saturated carbocycles. The molecule has 0 saturated heterocycles. The number of ether oxygens (including phenoxy) is 1. The van der Waals surface area contributed by atoms with Gasteiger partial charge in [-0.3, -0.25) is 4.68 Å². The monoisotopic (exact) mass is 497 g/mol. The molecule has 0 atom stereocenters. The average molecular weight is 498 g/mol. The van der Waals surface area contributed by atoms with Crippen LogP contribution in [0.3, 0.4) is 0 Å². The summed E-state index contributed by atoms with van der Waals surface area (Å²) in [5.41, 5.74) is 3.76. The average Bonchev–Trinajstić information content (AvgIpc) is 3.36. The number of carbonyl (C=O) groups excluding carboxylic acids is 1. The van der Waals surface area contributed by atoms with Crippen molar-refractivity contribution in [3.05, 3.63) is 59.5 Å². The highest BCUT2D eigenvalue weighted by Crippen LogP contribution is 2.40. The second kappa shape index (κ2) is 8.39. The number of benzene rings is 1. The van der Waals surface area contributed by atoms with Crippen LogP contribution in [0.25, 0.3) is 33.4 Å². The van der Waals surface area contributed by atoms with Gasteiger partial charge in [-0.1, -0.05) is 12.1 Å². The Labute approximate surface area is 205 Å². The zero-order chi connectivity index (χ0) is 25.8. The summed E-state index contributed by atoms with van der Waals surface area (Å²) in [6.07, 6.45) is -3.17. The maximum Gasteiger partial charge on any atom is 0.416 e. The Bertz CT molecular complexity index is 1450. The number of H-pyrrole nitrogens is 1. The van der Waals surface area contributed by atoms with Crippen molar-refractivity contribution in [3.63, 3.8) is 0 Å². The van der Waals surface area contributed by atoms with Gasteiger partial charge >= 0.3 is 12.3 Å². The van der Waals surface area contributed by atoms with E-state index in [0.717, 1.165) is 40.0 Å². The van der Waals surface area contributed by atoms with Crippen LogP contribution >= 0.6 is 0 Å². The van der Waals surface area contributed by atoms with E-state index < -0.39 is 23.4 Å². The predicted molar refractivity (Wildman–Crippen MR) is 129 cm³/mol. The third-order valence-electron chi connectivity index (χ3n) is 6.05. The van der Waals surface area contributed by atoms with E-state index in [1.807, 2.05) is 44.5 Å². The van der Waals surface area contributed by atoms with Crippen molar-refractivity contribution in [1.29, 1.82) is 0 Å². The van der Waals surface area contributed by atoms with E-state index in [2.05, 4.69) is 9.97 Å². The number of aromatic amines is 1. The van der Waals surface area contributed by atoms with Crippen LogP contribution in [0.15, 0.2) is 42.6 Å². The molecular weight excluding hydrogens is 471 g/mol. The molecule has 36 heavy (non-hydrogen) atoms. The van der Waals surface area contributed by atoms with Crippen LogP contribution < -0.4 is 0 Å². The molecule has 4 aromatic rings. The number of rotatable bonds is 2. The summed E-state index contributed by atoms with van der Waals surface area (Å²) in [6.45, 7) is 8.47. The second-order valence-corrected chi connectivity index (χ2v) is 9.94. The standard InChI is InChI=1S/C26H26F3N5O2/c1-15-13-19-18(9-10-30-23(19)31-15)21-20-14-33(24(35)36-25(2,3)4)11-12-34(20)32-22(21)16-5-7-17(8-6-16)26(27,28)29/h5-10,13H,11-12,14H2,1-4H3,(H,30,31). The lowest BCUT2D eigenvalue weighted by Crippen LogP contribution is -2.41. The lowest BCUT2D eigenvalue weighted by molar-refractivity contribution is -0.137. The molecule has 1 aliphatic rings. The summed E-state index contributed by atoms with van der Waals surface area (Å²) in [4.78, 5) is 22.1. The van der Waals surface area contributed by atoms with E-state index in [4.69, 9.17) is 9.84 Å². The van der Waals surface area contributed by atoms with Gasteiger partial charge in [0.15, 0.2) is 0 Å². The summed E-state index contributed by atoms with van der Waals surface area (Å²) >= 11 is 0. The van der Waals surface area contributed by atoms with E-state index in [0.29, 0.717) is 30.0 Å². The zero-order valence-corrected chi connectivity index (χ0v) is 20.4. The number of alkyl halides is 3. The van der Waals surface area contributed by atoms with E-state index >= 15 is 0 Å². The number of fused-ring (bicyclic) bond motifs is 2. The molecule has 1 N–H and O–H groups in total. The Morgan fingerprint density at radius 2 is 1.81 bits per heavy atom. The van der Waals surface area contributed by atoms with Gasteiger partial charge in [-0.05, 0) is 57.5 Å². The fourth-order valence-corrected chi connectivity index (χ4v) is 4.48. The summed E-state index contributed by atoms with van der Waals surface area (Å²) in [7, 11) is 0. The molecular formula is C26H26F3N5O2. The lowest BCUT2D eigenvalue weighted by atomic mass is 9.96. The van der Waals surface area contributed by atoms with E-state index in [-0.39, 0.29) is 6.54 Å². The topological polar surface area (TPSA) is 76.0 Å². The largest absolute Gasteiger partial charge is 0.444 e. The van der Waals surface area contributed by atoms with Gasteiger partial charge in [0.1, 0.15) is 16.9 Å². The van der Waals surface area contributed by atoms with Crippen LogP contribution in [0, 0.1) is 6.92 Å². The zero-order valence-electron chi connectivity index (χ0n) is 20.4. The molecule has 1 amide bonds. The summed E-state index contributed by atoms with van der Waals surface area (Å²) < 4.78 is 47.0. The van der Waals surface area contributed by atoms with Crippen LogP contribution in [0.4, 0.5) is 18.0 Å². The van der Waals surface area contributed by atoms with Crippen molar-refractivity contribution in [2.24, 2.45) is 0 Å². The first kappa shape index (κ1) is 23.9. The SMILES string of the molecule is Cc1cc2c(-c3c(-c4ccc(C(F)(F)F)cc4)nn4c3CN(C(=O)OC(C)(C)C)CC4)ccnc2[nH]1. The Morgan fingerprint density at radius 1 is 1.08 bits per heavy atom. The lowest BCUT2D eigenvalue weighted by Gasteiger charge is -2.30. The fraction of sp³-hybridized carbons (Fsp3) is 0.346. The molecule has 3 aromatic heterocycles. The van der Waals surface area contributed by atoms with Gasteiger partial charge in [0.05, 0.1) is 24.3 Å². The highest BCUT2D eigenvalue weighted by Gasteiger charge is 2.33. The second-order valence-electron chi connectivity index (χ2n) is 9.94. The minimum absolute atomic E-state index is 0.255. The van der Waals surface area contributed by atoms with Crippen LogP contribution in [0.5, 0.6) is 0 Å². The molecule has 0 radical (unpaired) electrons. The molecule has 1 aliphatic heterocycles. The summed E-state index contributed by atoms with van der Waals surface area (Å²) in [5.74, 6) is 0. The number of hydrogen-bond acceptors (Lipinski definition) is 4. The molecule has 5 rings (SSSR count). The van der Waals surface area contributed by atoms with E-state index in [9.17, 15) is 18.0 Å². The number of nitrogens with one attached hydrogen (secondary N) is 1. The maximum absolute atomic E-state index is 13.2. The number of aromatic nitrogens is 4.